The lowest BCUT2D eigenvalue weighted by Crippen LogP contribution is -2.26. The maximum absolute atomic E-state index is 5.46. The van der Waals surface area contributed by atoms with Crippen LogP contribution in [0.2, 0.25) is 0 Å². The summed E-state index contributed by atoms with van der Waals surface area (Å²) in [6.45, 7) is 2.28. The summed E-state index contributed by atoms with van der Waals surface area (Å²) in [4.78, 5) is 7.76. The van der Waals surface area contributed by atoms with Crippen LogP contribution in [0, 0.1) is 4.77 Å². The molecule has 0 aliphatic heterocycles. The van der Waals surface area contributed by atoms with E-state index in [4.69, 9.17) is 12.2 Å². The standard InChI is InChI=1S/C12H14BrN3S/c1-12(4-2-3-5-12)16-10-9(15-11(16)17)6-8(13)7-14-10/h6-7H,2-5H2,1H3,(H,15,17). The Kier molecular flexibility index (Phi) is 2.63. The summed E-state index contributed by atoms with van der Waals surface area (Å²) in [5.74, 6) is 0. The van der Waals surface area contributed by atoms with Crippen molar-refractivity contribution in [2.75, 3.05) is 0 Å². The fourth-order valence-corrected chi connectivity index (χ4v) is 3.58. The minimum atomic E-state index is 0.135. The van der Waals surface area contributed by atoms with Gasteiger partial charge in [-0.15, -0.1) is 0 Å². The molecule has 2 aromatic rings. The van der Waals surface area contributed by atoms with Gasteiger partial charge in [-0.2, -0.15) is 0 Å². The molecule has 1 saturated carbocycles. The summed E-state index contributed by atoms with van der Waals surface area (Å²) in [5, 5.41) is 0. The quantitative estimate of drug-likeness (QED) is 0.803. The second-order valence-electron chi connectivity index (χ2n) is 4.99. The SMILES string of the molecule is CC1(n2c(=S)[nH]c3cc(Br)cnc32)CCCC1. The lowest BCUT2D eigenvalue weighted by atomic mass is 10.0. The van der Waals surface area contributed by atoms with E-state index >= 15 is 0 Å². The van der Waals surface area contributed by atoms with Crippen LogP contribution >= 0.6 is 28.1 Å². The van der Waals surface area contributed by atoms with Gasteiger partial charge in [0.05, 0.1) is 5.52 Å². The van der Waals surface area contributed by atoms with Crippen LogP contribution in [-0.4, -0.2) is 14.5 Å². The molecule has 0 saturated heterocycles. The van der Waals surface area contributed by atoms with E-state index in [2.05, 4.69) is 37.4 Å². The highest BCUT2D eigenvalue weighted by Gasteiger charge is 2.32. The van der Waals surface area contributed by atoms with Crippen LogP contribution in [0.1, 0.15) is 32.6 Å². The van der Waals surface area contributed by atoms with E-state index in [1.165, 1.54) is 25.7 Å². The summed E-state index contributed by atoms with van der Waals surface area (Å²) in [6, 6.07) is 2.03. The van der Waals surface area contributed by atoms with Crippen LogP contribution in [0.4, 0.5) is 0 Å². The van der Waals surface area contributed by atoms with Crippen LogP contribution in [0.15, 0.2) is 16.7 Å². The molecule has 1 N–H and O–H groups in total. The Morgan fingerprint density at radius 2 is 2.18 bits per heavy atom. The van der Waals surface area contributed by atoms with Crippen molar-refractivity contribution in [2.45, 2.75) is 38.1 Å². The van der Waals surface area contributed by atoms with Crippen molar-refractivity contribution in [1.82, 2.24) is 14.5 Å². The van der Waals surface area contributed by atoms with Crippen LogP contribution in [0.3, 0.4) is 0 Å². The number of imidazole rings is 1. The third-order valence-electron chi connectivity index (χ3n) is 3.71. The molecule has 2 aromatic heterocycles. The van der Waals surface area contributed by atoms with Crippen molar-refractivity contribution in [3.05, 3.63) is 21.5 Å². The van der Waals surface area contributed by atoms with E-state index in [1.54, 1.807) is 0 Å². The number of nitrogens with zero attached hydrogens (tertiary/aromatic N) is 2. The summed E-state index contributed by atoms with van der Waals surface area (Å²) in [5.41, 5.74) is 2.12. The molecule has 3 nitrogen and oxygen atoms in total. The molecule has 1 aliphatic carbocycles. The monoisotopic (exact) mass is 311 g/mol. The van der Waals surface area contributed by atoms with Gasteiger partial charge in [0, 0.05) is 16.2 Å². The zero-order chi connectivity index (χ0) is 12.0. The summed E-state index contributed by atoms with van der Waals surface area (Å²) in [6.07, 6.45) is 6.76. The molecule has 1 fully saturated rings. The van der Waals surface area contributed by atoms with E-state index in [1.807, 2.05) is 12.3 Å². The molecule has 0 aromatic carbocycles. The number of H-pyrrole nitrogens is 1. The lowest BCUT2D eigenvalue weighted by Gasteiger charge is -2.25. The predicted octanol–water partition coefficient (Wildman–Crippen LogP) is 4.15. The largest absolute Gasteiger partial charge is 0.329 e. The van der Waals surface area contributed by atoms with Crippen molar-refractivity contribution in [2.24, 2.45) is 0 Å². The van der Waals surface area contributed by atoms with Crippen molar-refractivity contribution >= 4 is 39.3 Å². The number of hydrogen-bond donors (Lipinski definition) is 1. The Bertz CT molecular complexity index is 622. The van der Waals surface area contributed by atoms with Gasteiger partial charge in [-0.05, 0) is 54.0 Å². The van der Waals surface area contributed by atoms with E-state index in [0.29, 0.717) is 0 Å². The number of aromatic nitrogens is 3. The maximum Gasteiger partial charge on any atom is 0.179 e. The Balaban J connectivity index is 2.29. The normalized spacial score (nSPS) is 18.9. The van der Waals surface area contributed by atoms with Crippen molar-refractivity contribution in [3.63, 3.8) is 0 Å². The Labute approximate surface area is 113 Å². The molecule has 3 rings (SSSR count). The molecular formula is C12H14BrN3S. The maximum atomic E-state index is 5.46. The topological polar surface area (TPSA) is 33.6 Å². The van der Waals surface area contributed by atoms with Gasteiger partial charge < -0.3 is 4.98 Å². The van der Waals surface area contributed by atoms with Gasteiger partial charge in [-0.3, -0.25) is 4.57 Å². The molecule has 0 atom stereocenters. The second kappa shape index (κ2) is 3.92. The third kappa shape index (κ3) is 1.76. The van der Waals surface area contributed by atoms with Gasteiger partial charge in [0.2, 0.25) is 0 Å². The first-order chi connectivity index (χ1) is 8.10. The fourth-order valence-electron chi connectivity index (χ4n) is 2.83. The molecule has 0 amide bonds. The highest BCUT2D eigenvalue weighted by molar-refractivity contribution is 9.10. The number of fused-ring (bicyclic) bond motifs is 1. The van der Waals surface area contributed by atoms with Gasteiger partial charge in [0.25, 0.3) is 0 Å². The van der Waals surface area contributed by atoms with E-state index in [0.717, 1.165) is 20.4 Å². The molecular weight excluding hydrogens is 298 g/mol. The zero-order valence-corrected chi connectivity index (χ0v) is 12.1. The average Bonchev–Trinajstić information content (AvgIpc) is 2.81. The number of pyridine rings is 1. The molecule has 1 aliphatic rings. The Morgan fingerprint density at radius 3 is 2.88 bits per heavy atom. The number of hydrogen-bond acceptors (Lipinski definition) is 2. The zero-order valence-electron chi connectivity index (χ0n) is 9.66. The molecule has 90 valence electrons. The van der Waals surface area contributed by atoms with Crippen LogP contribution in [0.25, 0.3) is 11.2 Å². The van der Waals surface area contributed by atoms with Crippen LogP contribution in [0.5, 0.6) is 0 Å². The highest BCUT2D eigenvalue weighted by atomic mass is 79.9. The van der Waals surface area contributed by atoms with Gasteiger partial charge in [0.1, 0.15) is 0 Å². The Hall–Kier alpha value is -0.680. The van der Waals surface area contributed by atoms with Gasteiger partial charge in [-0.1, -0.05) is 12.8 Å². The van der Waals surface area contributed by atoms with Crippen LogP contribution in [-0.2, 0) is 5.54 Å². The average molecular weight is 312 g/mol. The number of halogens is 1. The molecule has 0 radical (unpaired) electrons. The highest BCUT2D eigenvalue weighted by Crippen LogP contribution is 2.38. The van der Waals surface area contributed by atoms with Crippen molar-refractivity contribution in [3.8, 4) is 0 Å². The number of nitrogens with one attached hydrogen (secondary N) is 1. The number of rotatable bonds is 1. The summed E-state index contributed by atoms with van der Waals surface area (Å²) >= 11 is 8.89. The second-order valence-corrected chi connectivity index (χ2v) is 6.30. The van der Waals surface area contributed by atoms with Crippen molar-refractivity contribution in [1.29, 1.82) is 0 Å². The first-order valence-corrected chi connectivity index (χ1v) is 7.07. The minimum Gasteiger partial charge on any atom is -0.329 e. The Morgan fingerprint density at radius 1 is 1.47 bits per heavy atom. The fraction of sp³-hybridized carbons (Fsp3) is 0.500. The molecule has 5 heteroatoms. The molecule has 0 bridgehead atoms. The predicted molar refractivity (Wildman–Crippen MR) is 74.7 cm³/mol. The molecule has 17 heavy (non-hydrogen) atoms. The van der Waals surface area contributed by atoms with E-state index in [9.17, 15) is 0 Å². The molecule has 0 spiro atoms. The van der Waals surface area contributed by atoms with Crippen LogP contribution < -0.4 is 0 Å². The summed E-state index contributed by atoms with van der Waals surface area (Å²) < 4.78 is 3.97. The third-order valence-corrected chi connectivity index (χ3v) is 4.43. The smallest absolute Gasteiger partial charge is 0.179 e. The van der Waals surface area contributed by atoms with Gasteiger partial charge >= 0.3 is 0 Å². The van der Waals surface area contributed by atoms with Gasteiger partial charge in [-0.25, -0.2) is 4.98 Å². The van der Waals surface area contributed by atoms with E-state index < -0.39 is 0 Å². The minimum absolute atomic E-state index is 0.135. The first kappa shape index (κ1) is 11.4. The first-order valence-electron chi connectivity index (χ1n) is 5.87. The molecule has 2 heterocycles. The molecule has 0 unspecified atom stereocenters. The van der Waals surface area contributed by atoms with Crippen molar-refractivity contribution < 1.29 is 0 Å². The van der Waals surface area contributed by atoms with E-state index in [-0.39, 0.29) is 5.54 Å². The lowest BCUT2D eigenvalue weighted by molar-refractivity contribution is 0.333. The number of aromatic amines is 1. The summed E-state index contributed by atoms with van der Waals surface area (Å²) in [7, 11) is 0. The van der Waals surface area contributed by atoms with Gasteiger partial charge in [0.15, 0.2) is 10.4 Å².